The fourth-order valence-corrected chi connectivity index (χ4v) is 3.39. The molecule has 124 valence electrons. The number of nitrogens with one attached hydrogen (secondary N) is 2. The molecular weight excluding hydrogens is 308 g/mol. The van der Waals surface area contributed by atoms with Crippen LogP contribution in [-0.2, 0) is 0 Å². The zero-order chi connectivity index (χ0) is 16.5. The summed E-state index contributed by atoms with van der Waals surface area (Å²) in [6, 6.07) is 13.7. The maximum absolute atomic E-state index is 12.4. The van der Waals surface area contributed by atoms with Gasteiger partial charge in [0.2, 0.25) is 0 Å². The number of urea groups is 1. The van der Waals surface area contributed by atoms with Crippen molar-refractivity contribution in [1.29, 1.82) is 0 Å². The van der Waals surface area contributed by atoms with Crippen LogP contribution < -0.4 is 10.6 Å². The van der Waals surface area contributed by atoms with E-state index in [2.05, 4.69) is 17.6 Å². The van der Waals surface area contributed by atoms with Crippen LogP contribution in [0.25, 0.3) is 0 Å². The summed E-state index contributed by atoms with van der Waals surface area (Å²) in [6.07, 6.45) is 2.21. The van der Waals surface area contributed by atoms with Crippen molar-refractivity contribution in [3.63, 3.8) is 0 Å². The zero-order valence-electron chi connectivity index (χ0n) is 13.4. The van der Waals surface area contributed by atoms with Crippen molar-refractivity contribution in [1.82, 2.24) is 10.6 Å². The predicted octanol–water partition coefficient (Wildman–Crippen LogP) is 4.01. The zero-order valence-corrected chi connectivity index (χ0v) is 14.2. The summed E-state index contributed by atoms with van der Waals surface area (Å²) in [7, 11) is 0. The highest BCUT2D eigenvalue weighted by Crippen LogP contribution is 2.22. The molecule has 0 saturated heterocycles. The van der Waals surface area contributed by atoms with Crippen LogP contribution in [0.2, 0.25) is 0 Å². The summed E-state index contributed by atoms with van der Waals surface area (Å²) in [5, 5.41) is 17.2. The van der Waals surface area contributed by atoms with Crippen molar-refractivity contribution in [2.75, 3.05) is 6.61 Å². The van der Waals surface area contributed by atoms with Gasteiger partial charge in [-0.1, -0.05) is 43.3 Å². The van der Waals surface area contributed by atoms with Crippen molar-refractivity contribution in [2.45, 2.75) is 38.3 Å². The molecule has 1 heterocycles. The van der Waals surface area contributed by atoms with Gasteiger partial charge in [-0.25, -0.2) is 4.79 Å². The molecule has 4 nitrogen and oxygen atoms in total. The van der Waals surface area contributed by atoms with Gasteiger partial charge in [0.1, 0.15) is 0 Å². The number of carbonyl (C=O) groups excluding carboxylic acids is 1. The Hall–Kier alpha value is -1.85. The molecule has 1 aromatic carbocycles. The summed E-state index contributed by atoms with van der Waals surface area (Å²) in [5.41, 5.74) is 1.06. The van der Waals surface area contributed by atoms with E-state index in [-0.39, 0.29) is 24.7 Å². The number of rotatable bonds is 8. The van der Waals surface area contributed by atoms with Crippen LogP contribution >= 0.6 is 11.3 Å². The number of thiophene rings is 1. The van der Waals surface area contributed by atoms with Crippen molar-refractivity contribution in [3.8, 4) is 0 Å². The quantitative estimate of drug-likeness (QED) is 0.684. The largest absolute Gasteiger partial charge is 0.396 e. The Labute approximate surface area is 141 Å². The Balaban J connectivity index is 1.99. The number of hydrogen-bond donors (Lipinski definition) is 3. The third-order valence-corrected chi connectivity index (χ3v) is 4.74. The van der Waals surface area contributed by atoms with Gasteiger partial charge < -0.3 is 15.7 Å². The van der Waals surface area contributed by atoms with Gasteiger partial charge in [0.25, 0.3) is 0 Å². The number of hydrogen-bond acceptors (Lipinski definition) is 3. The van der Waals surface area contributed by atoms with Gasteiger partial charge in [0.15, 0.2) is 0 Å². The van der Waals surface area contributed by atoms with Gasteiger partial charge in [-0.05, 0) is 36.3 Å². The Morgan fingerprint density at radius 3 is 2.48 bits per heavy atom. The van der Waals surface area contributed by atoms with Crippen LogP contribution in [0.1, 0.15) is 48.7 Å². The molecule has 0 radical (unpaired) electrons. The molecule has 2 rings (SSSR count). The highest BCUT2D eigenvalue weighted by Gasteiger charge is 2.17. The minimum Gasteiger partial charge on any atom is -0.396 e. The first kappa shape index (κ1) is 17.5. The lowest BCUT2D eigenvalue weighted by Gasteiger charge is -2.22. The van der Waals surface area contributed by atoms with Crippen molar-refractivity contribution < 1.29 is 9.90 Å². The van der Waals surface area contributed by atoms with E-state index in [0.717, 1.165) is 16.9 Å². The van der Waals surface area contributed by atoms with Gasteiger partial charge in [0.05, 0.1) is 12.1 Å². The summed E-state index contributed by atoms with van der Waals surface area (Å²) in [4.78, 5) is 13.5. The molecule has 2 unspecified atom stereocenters. The lowest BCUT2D eigenvalue weighted by Crippen LogP contribution is -2.39. The summed E-state index contributed by atoms with van der Waals surface area (Å²) in [5.74, 6) is 0. The van der Waals surface area contributed by atoms with E-state index in [1.807, 2.05) is 47.8 Å². The fraction of sp³-hybridized carbons (Fsp3) is 0.389. The van der Waals surface area contributed by atoms with Gasteiger partial charge in [-0.15, -0.1) is 11.3 Å². The Morgan fingerprint density at radius 1 is 1.13 bits per heavy atom. The number of aliphatic hydroxyl groups is 1. The van der Waals surface area contributed by atoms with Crippen molar-refractivity contribution >= 4 is 17.4 Å². The molecule has 5 heteroatoms. The highest BCUT2D eigenvalue weighted by molar-refractivity contribution is 7.10. The lowest BCUT2D eigenvalue weighted by molar-refractivity contribution is 0.229. The van der Waals surface area contributed by atoms with Crippen molar-refractivity contribution in [3.05, 3.63) is 58.3 Å². The molecule has 0 aliphatic rings. The predicted molar refractivity (Wildman–Crippen MR) is 94.5 cm³/mol. The first-order valence-electron chi connectivity index (χ1n) is 8.00. The number of amides is 2. The summed E-state index contributed by atoms with van der Waals surface area (Å²) >= 11 is 1.65. The average Bonchev–Trinajstić information content (AvgIpc) is 3.11. The molecule has 2 aromatic rings. The minimum absolute atomic E-state index is 0.0317. The molecule has 2 amide bonds. The van der Waals surface area contributed by atoms with Crippen LogP contribution in [0.3, 0.4) is 0 Å². The van der Waals surface area contributed by atoms with E-state index in [0.29, 0.717) is 12.8 Å². The molecule has 0 bridgehead atoms. The third-order valence-electron chi connectivity index (χ3n) is 3.76. The van der Waals surface area contributed by atoms with E-state index in [9.17, 15) is 4.79 Å². The smallest absolute Gasteiger partial charge is 0.315 e. The second-order valence-electron chi connectivity index (χ2n) is 5.42. The molecule has 2 atom stereocenters. The second-order valence-corrected chi connectivity index (χ2v) is 6.40. The standard InChI is InChI=1S/C18H24N2O2S/c1-2-15(17-11-7-13-23-17)19-18(22)20-16(10-6-12-21)14-8-4-3-5-9-14/h3-5,7-9,11,13,15-16,21H,2,6,10,12H2,1H3,(H2,19,20,22). The van der Waals surface area contributed by atoms with Gasteiger partial charge in [-0.2, -0.15) is 0 Å². The minimum atomic E-state index is -0.169. The first-order valence-corrected chi connectivity index (χ1v) is 8.88. The summed E-state index contributed by atoms with van der Waals surface area (Å²) < 4.78 is 0. The molecule has 23 heavy (non-hydrogen) atoms. The molecule has 0 aliphatic carbocycles. The van der Waals surface area contributed by atoms with Crippen molar-refractivity contribution in [2.24, 2.45) is 0 Å². The monoisotopic (exact) mass is 332 g/mol. The average molecular weight is 332 g/mol. The molecular formula is C18H24N2O2S. The maximum atomic E-state index is 12.4. The molecule has 1 aromatic heterocycles. The lowest BCUT2D eigenvalue weighted by atomic mass is 10.0. The van der Waals surface area contributed by atoms with Gasteiger partial charge >= 0.3 is 6.03 Å². The van der Waals surface area contributed by atoms with Crippen LogP contribution in [0.5, 0.6) is 0 Å². The number of aliphatic hydroxyl groups excluding tert-OH is 1. The van der Waals surface area contributed by atoms with E-state index in [1.54, 1.807) is 11.3 Å². The summed E-state index contributed by atoms with van der Waals surface area (Å²) in [6.45, 7) is 2.19. The van der Waals surface area contributed by atoms with Crippen LogP contribution in [0.4, 0.5) is 4.79 Å². The van der Waals surface area contributed by atoms with Gasteiger partial charge in [0, 0.05) is 11.5 Å². The van der Waals surface area contributed by atoms with Crippen LogP contribution in [0.15, 0.2) is 47.8 Å². The molecule has 0 aliphatic heterocycles. The van der Waals surface area contributed by atoms with Gasteiger partial charge in [-0.3, -0.25) is 0 Å². The SMILES string of the molecule is CCC(NC(=O)NC(CCCO)c1ccccc1)c1cccs1. The molecule has 0 saturated carbocycles. The molecule has 0 fully saturated rings. The molecule has 0 spiro atoms. The first-order chi connectivity index (χ1) is 11.2. The molecule has 3 N–H and O–H groups in total. The topological polar surface area (TPSA) is 61.4 Å². The fourth-order valence-electron chi connectivity index (χ4n) is 2.53. The Bertz CT molecular complexity index is 572. The normalized spacial score (nSPS) is 13.3. The Kier molecular flexibility index (Phi) is 7.10. The van der Waals surface area contributed by atoms with E-state index in [4.69, 9.17) is 5.11 Å². The van der Waals surface area contributed by atoms with Crippen LogP contribution in [-0.4, -0.2) is 17.7 Å². The number of carbonyl (C=O) groups is 1. The van der Waals surface area contributed by atoms with E-state index >= 15 is 0 Å². The van der Waals surface area contributed by atoms with E-state index < -0.39 is 0 Å². The Morgan fingerprint density at radius 2 is 1.87 bits per heavy atom. The maximum Gasteiger partial charge on any atom is 0.315 e. The number of benzene rings is 1. The van der Waals surface area contributed by atoms with E-state index in [1.165, 1.54) is 0 Å². The van der Waals surface area contributed by atoms with Crippen LogP contribution in [0, 0.1) is 0 Å². The third kappa shape index (κ3) is 5.37. The highest BCUT2D eigenvalue weighted by atomic mass is 32.1. The second kappa shape index (κ2) is 9.33.